The van der Waals surface area contributed by atoms with E-state index in [0.717, 1.165) is 22.4 Å². The number of nitrogens with zero attached hydrogens (tertiary/aromatic N) is 1. The van der Waals surface area contributed by atoms with Crippen LogP contribution in [-0.2, 0) is 0 Å². The van der Waals surface area contributed by atoms with Gasteiger partial charge in [-0.05, 0) is 47.0 Å². The third kappa shape index (κ3) is 4.87. The fourth-order valence-corrected chi connectivity index (χ4v) is 4.58. The van der Waals surface area contributed by atoms with Crippen LogP contribution in [0, 0.1) is 11.3 Å². The maximum atomic E-state index is 13.1. The van der Waals surface area contributed by atoms with Crippen molar-refractivity contribution in [2.75, 3.05) is 13.3 Å². The van der Waals surface area contributed by atoms with Crippen molar-refractivity contribution in [3.05, 3.63) is 131 Å². The zero-order valence-corrected chi connectivity index (χ0v) is 19.1. The van der Waals surface area contributed by atoms with Crippen molar-refractivity contribution in [2.45, 2.75) is 11.8 Å². The van der Waals surface area contributed by atoms with E-state index in [9.17, 15) is 10.1 Å². The van der Waals surface area contributed by atoms with E-state index in [1.165, 1.54) is 0 Å². The second kappa shape index (κ2) is 10.1. The predicted octanol–water partition coefficient (Wildman–Crippen LogP) is 5.63. The Morgan fingerprint density at radius 2 is 1.49 bits per heavy atom. The van der Waals surface area contributed by atoms with Crippen molar-refractivity contribution >= 4 is 5.91 Å². The molecule has 1 atom stereocenters. The molecule has 5 heteroatoms. The number of hydrogen-bond donors (Lipinski definition) is 1. The van der Waals surface area contributed by atoms with Gasteiger partial charge in [0.05, 0.1) is 11.6 Å². The van der Waals surface area contributed by atoms with E-state index in [4.69, 9.17) is 9.47 Å². The van der Waals surface area contributed by atoms with Gasteiger partial charge in [-0.15, -0.1) is 0 Å². The monoisotopic (exact) mass is 460 g/mol. The number of rotatable bonds is 7. The van der Waals surface area contributed by atoms with E-state index in [1.807, 2.05) is 54.6 Å². The number of ether oxygens (including phenoxy) is 2. The van der Waals surface area contributed by atoms with E-state index >= 15 is 0 Å². The van der Waals surface area contributed by atoms with Crippen LogP contribution in [0.15, 0.2) is 103 Å². The highest BCUT2D eigenvalue weighted by Crippen LogP contribution is 2.42. The third-order valence-corrected chi connectivity index (χ3v) is 6.28. The largest absolute Gasteiger partial charge is 0.454 e. The highest BCUT2D eigenvalue weighted by Gasteiger charge is 2.29. The minimum atomic E-state index is -0.215. The van der Waals surface area contributed by atoms with Crippen LogP contribution in [0.5, 0.6) is 11.5 Å². The van der Waals surface area contributed by atoms with Crippen LogP contribution >= 0.6 is 0 Å². The lowest BCUT2D eigenvalue weighted by Gasteiger charge is -2.29. The molecule has 1 amide bonds. The number of hydrogen-bond acceptors (Lipinski definition) is 4. The van der Waals surface area contributed by atoms with Crippen LogP contribution < -0.4 is 14.8 Å². The quantitative estimate of drug-likeness (QED) is 0.388. The predicted molar refractivity (Wildman–Crippen MR) is 134 cm³/mol. The number of carbonyl (C=O) groups is 1. The van der Waals surface area contributed by atoms with Crippen molar-refractivity contribution in [1.29, 1.82) is 5.26 Å². The Morgan fingerprint density at radius 1 is 0.800 bits per heavy atom. The molecule has 5 nitrogen and oxygen atoms in total. The van der Waals surface area contributed by atoms with Gasteiger partial charge in [0.1, 0.15) is 0 Å². The van der Waals surface area contributed by atoms with E-state index in [-0.39, 0.29) is 24.5 Å². The third-order valence-electron chi connectivity index (χ3n) is 6.28. The normalized spacial score (nSPS) is 12.7. The molecule has 4 aromatic rings. The van der Waals surface area contributed by atoms with E-state index in [0.29, 0.717) is 23.4 Å². The van der Waals surface area contributed by atoms with Crippen LogP contribution in [0.3, 0.4) is 0 Å². The molecule has 1 aliphatic rings. The van der Waals surface area contributed by atoms with Gasteiger partial charge in [-0.2, -0.15) is 5.26 Å². The first-order valence-corrected chi connectivity index (χ1v) is 11.5. The lowest BCUT2D eigenvalue weighted by Crippen LogP contribution is -2.31. The van der Waals surface area contributed by atoms with Gasteiger partial charge < -0.3 is 14.8 Å². The van der Waals surface area contributed by atoms with Crippen LogP contribution in [-0.4, -0.2) is 19.2 Å². The van der Waals surface area contributed by atoms with Crippen LogP contribution in [0.4, 0.5) is 0 Å². The van der Waals surface area contributed by atoms with E-state index in [1.54, 1.807) is 24.3 Å². The summed E-state index contributed by atoms with van der Waals surface area (Å²) in [6, 6.07) is 35.4. The SMILES string of the molecule is N#Cc1cccc(C(=O)NCC(c2ccc3c(c2)OCO3)C(c2ccccc2)c2ccccc2)c1. The molecule has 0 saturated heterocycles. The first-order valence-electron chi connectivity index (χ1n) is 11.5. The summed E-state index contributed by atoms with van der Waals surface area (Å²) in [5.74, 6) is 1.12. The van der Waals surface area contributed by atoms with Gasteiger partial charge >= 0.3 is 0 Å². The van der Waals surface area contributed by atoms with Gasteiger partial charge in [0.25, 0.3) is 5.91 Å². The Kier molecular flexibility index (Phi) is 6.45. The lowest BCUT2D eigenvalue weighted by atomic mass is 9.77. The molecule has 0 bridgehead atoms. The molecule has 0 saturated carbocycles. The van der Waals surface area contributed by atoms with Crippen molar-refractivity contribution in [1.82, 2.24) is 5.32 Å². The number of benzene rings is 4. The standard InChI is InChI=1S/C30H24N2O3/c31-18-21-8-7-13-25(16-21)30(33)32-19-26(24-14-15-27-28(17-24)35-20-34-27)29(22-9-3-1-4-10-22)23-11-5-2-6-12-23/h1-17,26,29H,19-20H2,(H,32,33). The van der Waals surface area contributed by atoms with Crippen LogP contribution in [0.25, 0.3) is 0 Å². The second-order valence-corrected chi connectivity index (χ2v) is 8.42. The highest BCUT2D eigenvalue weighted by atomic mass is 16.7. The molecule has 0 aromatic heterocycles. The maximum Gasteiger partial charge on any atom is 0.251 e. The zero-order valence-electron chi connectivity index (χ0n) is 19.1. The minimum absolute atomic E-state index is 0.0106. The van der Waals surface area contributed by atoms with Gasteiger partial charge in [-0.3, -0.25) is 4.79 Å². The molecule has 4 aromatic carbocycles. The lowest BCUT2D eigenvalue weighted by molar-refractivity contribution is 0.0950. The summed E-state index contributed by atoms with van der Waals surface area (Å²) in [6.45, 7) is 0.597. The molecule has 0 fully saturated rings. The van der Waals surface area contributed by atoms with Gasteiger partial charge in [0, 0.05) is 23.9 Å². The second-order valence-electron chi connectivity index (χ2n) is 8.42. The zero-order chi connectivity index (χ0) is 24.0. The highest BCUT2D eigenvalue weighted by molar-refractivity contribution is 5.94. The summed E-state index contributed by atoms with van der Waals surface area (Å²) in [6.07, 6.45) is 0. The van der Waals surface area contributed by atoms with E-state index in [2.05, 4.69) is 35.7 Å². The molecule has 0 aliphatic carbocycles. The van der Waals surface area contributed by atoms with Crippen molar-refractivity contribution < 1.29 is 14.3 Å². The first kappa shape index (κ1) is 22.2. The molecule has 172 valence electrons. The summed E-state index contributed by atoms with van der Waals surface area (Å²) in [4.78, 5) is 13.1. The van der Waals surface area contributed by atoms with Gasteiger partial charge in [-0.1, -0.05) is 72.8 Å². The number of nitriles is 1. The van der Waals surface area contributed by atoms with E-state index < -0.39 is 0 Å². The van der Waals surface area contributed by atoms with Gasteiger partial charge in [-0.25, -0.2) is 0 Å². The number of amides is 1. The first-order chi connectivity index (χ1) is 17.2. The van der Waals surface area contributed by atoms with Crippen molar-refractivity contribution in [3.63, 3.8) is 0 Å². The van der Waals surface area contributed by atoms with Crippen molar-refractivity contribution in [2.24, 2.45) is 0 Å². The molecule has 0 radical (unpaired) electrons. The average molecular weight is 461 g/mol. The molecule has 35 heavy (non-hydrogen) atoms. The topological polar surface area (TPSA) is 71.4 Å². The van der Waals surface area contributed by atoms with Crippen LogP contribution in [0.2, 0.25) is 0 Å². The van der Waals surface area contributed by atoms with Gasteiger partial charge in [0.2, 0.25) is 6.79 Å². The minimum Gasteiger partial charge on any atom is -0.454 e. The summed E-state index contributed by atoms with van der Waals surface area (Å²) in [7, 11) is 0. The summed E-state index contributed by atoms with van der Waals surface area (Å²) < 4.78 is 11.2. The Morgan fingerprint density at radius 3 is 2.17 bits per heavy atom. The molecule has 5 rings (SSSR count). The Labute approximate surface area is 204 Å². The summed E-state index contributed by atoms with van der Waals surface area (Å²) in [5.41, 5.74) is 4.27. The molecule has 0 spiro atoms. The Bertz CT molecular complexity index is 1320. The fourth-order valence-electron chi connectivity index (χ4n) is 4.58. The fraction of sp³-hybridized carbons (Fsp3) is 0.133. The Hall–Kier alpha value is -4.56. The molecule has 1 heterocycles. The number of carbonyl (C=O) groups excluding carboxylic acids is 1. The molecule has 1 unspecified atom stereocenters. The molecular formula is C30H24N2O3. The smallest absolute Gasteiger partial charge is 0.251 e. The van der Waals surface area contributed by atoms with Crippen molar-refractivity contribution in [3.8, 4) is 17.6 Å². The summed E-state index contributed by atoms with van der Waals surface area (Å²) >= 11 is 0. The van der Waals surface area contributed by atoms with Gasteiger partial charge in [0.15, 0.2) is 11.5 Å². The average Bonchev–Trinajstić information content (AvgIpc) is 3.40. The molecular weight excluding hydrogens is 436 g/mol. The number of fused-ring (bicyclic) bond motifs is 1. The maximum absolute atomic E-state index is 13.1. The molecule has 1 aliphatic heterocycles. The van der Waals surface area contributed by atoms with Crippen LogP contribution in [0.1, 0.15) is 44.4 Å². The molecule has 1 N–H and O–H groups in total. The summed E-state index contributed by atoms with van der Waals surface area (Å²) in [5, 5.41) is 12.3. The Balaban J connectivity index is 1.53. The number of nitrogens with one attached hydrogen (secondary N) is 1.